The van der Waals surface area contributed by atoms with Crippen LogP contribution in [-0.4, -0.2) is 16.9 Å². The Balaban J connectivity index is 3.69. The summed E-state index contributed by atoms with van der Waals surface area (Å²) in [6.07, 6.45) is 2.42. The molecule has 3 nitrogen and oxygen atoms in total. The summed E-state index contributed by atoms with van der Waals surface area (Å²) in [5, 5.41) is 9.55. The minimum atomic E-state index is -1.29. The van der Waals surface area contributed by atoms with Crippen molar-refractivity contribution in [3.63, 3.8) is 0 Å². The molecule has 0 aromatic heterocycles. The maximum atomic E-state index is 10.6. The molecular formula is C10H20O3. The van der Waals surface area contributed by atoms with Crippen molar-refractivity contribution in [1.82, 2.24) is 0 Å². The maximum Gasteiger partial charge on any atom is 0.305 e. The number of hydrogen-bond acceptors (Lipinski definition) is 3. The molecule has 0 heterocycles. The maximum absolute atomic E-state index is 10.6. The molecule has 0 aliphatic carbocycles. The molecule has 0 fully saturated rings. The van der Waals surface area contributed by atoms with E-state index in [1.807, 2.05) is 0 Å². The lowest BCUT2D eigenvalue weighted by atomic mass is 10.0. The third kappa shape index (κ3) is 7.78. The van der Waals surface area contributed by atoms with E-state index in [9.17, 15) is 9.90 Å². The molecule has 0 bridgehead atoms. The van der Waals surface area contributed by atoms with Gasteiger partial charge in [0, 0.05) is 20.3 Å². The molecule has 0 rings (SSSR count). The van der Waals surface area contributed by atoms with E-state index in [4.69, 9.17) is 4.74 Å². The van der Waals surface area contributed by atoms with Crippen LogP contribution in [-0.2, 0) is 9.53 Å². The van der Waals surface area contributed by atoms with Crippen molar-refractivity contribution < 1.29 is 14.6 Å². The summed E-state index contributed by atoms with van der Waals surface area (Å²) in [6.45, 7) is 7.08. The first kappa shape index (κ1) is 12.4. The predicted octanol–water partition coefficient (Wildman–Crippen LogP) is 2.08. The first-order valence-corrected chi connectivity index (χ1v) is 4.75. The zero-order chi connectivity index (χ0) is 10.5. The van der Waals surface area contributed by atoms with Crippen LogP contribution in [0, 0.1) is 5.92 Å². The highest BCUT2D eigenvalue weighted by atomic mass is 16.7. The van der Waals surface area contributed by atoms with E-state index >= 15 is 0 Å². The number of hydrogen-bond donors (Lipinski definition) is 1. The first-order chi connectivity index (χ1) is 5.83. The van der Waals surface area contributed by atoms with Gasteiger partial charge in [-0.1, -0.05) is 20.3 Å². The third-order valence-corrected chi connectivity index (χ3v) is 1.79. The average molecular weight is 188 g/mol. The van der Waals surface area contributed by atoms with Crippen molar-refractivity contribution in [2.45, 2.75) is 52.7 Å². The van der Waals surface area contributed by atoms with E-state index < -0.39 is 11.8 Å². The van der Waals surface area contributed by atoms with Gasteiger partial charge in [0.15, 0.2) is 0 Å². The molecule has 0 aromatic carbocycles. The second kappa shape index (κ2) is 5.22. The van der Waals surface area contributed by atoms with E-state index in [2.05, 4.69) is 13.8 Å². The van der Waals surface area contributed by atoms with Crippen molar-refractivity contribution >= 4 is 5.97 Å². The highest BCUT2D eigenvalue weighted by Crippen LogP contribution is 2.17. The zero-order valence-corrected chi connectivity index (χ0v) is 8.96. The zero-order valence-electron chi connectivity index (χ0n) is 8.96. The van der Waals surface area contributed by atoms with Gasteiger partial charge in [-0.25, -0.2) is 0 Å². The minimum Gasteiger partial charge on any atom is -0.434 e. The van der Waals surface area contributed by atoms with E-state index in [1.54, 1.807) is 0 Å². The van der Waals surface area contributed by atoms with Gasteiger partial charge in [-0.15, -0.1) is 0 Å². The van der Waals surface area contributed by atoms with Crippen LogP contribution < -0.4 is 0 Å². The Hall–Kier alpha value is -0.570. The Kier molecular flexibility index (Phi) is 4.99. The summed E-state index contributed by atoms with van der Waals surface area (Å²) >= 11 is 0. The Labute approximate surface area is 80.1 Å². The molecular weight excluding hydrogens is 168 g/mol. The van der Waals surface area contributed by atoms with E-state index in [1.165, 1.54) is 13.8 Å². The third-order valence-electron chi connectivity index (χ3n) is 1.79. The molecule has 78 valence electrons. The number of esters is 1. The molecule has 3 heteroatoms. The molecule has 0 saturated heterocycles. The summed E-state index contributed by atoms with van der Waals surface area (Å²) < 4.78 is 4.74. The van der Waals surface area contributed by atoms with E-state index in [-0.39, 0.29) is 0 Å². The van der Waals surface area contributed by atoms with Crippen molar-refractivity contribution in [3.8, 4) is 0 Å². The van der Waals surface area contributed by atoms with Gasteiger partial charge in [-0.2, -0.15) is 0 Å². The van der Waals surface area contributed by atoms with Gasteiger partial charge in [0.05, 0.1) is 0 Å². The average Bonchev–Trinajstić information content (AvgIpc) is 1.81. The second-order valence-corrected chi connectivity index (χ2v) is 4.05. The fourth-order valence-corrected chi connectivity index (χ4v) is 1.20. The summed E-state index contributed by atoms with van der Waals surface area (Å²) in [7, 11) is 0. The smallest absolute Gasteiger partial charge is 0.305 e. The standard InChI is InChI=1S/C10H20O3/c1-8(2)6-5-7-10(4,12)13-9(3)11/h8,12H,5-7H2,1-4H3. The van der Waals surface area contributed by atoms with Gasteiger partial charge in [-0.3, -0.25) is 4.79 Å². The second-order valence-electron chi connectivity index (χ2n) is 4.05. The lowest BCUT2D eigenvalue weighted by Gasteiger charge is -2.22. The monoisotopic (exact) mass is 188 g/mol. The van der Waals surface area contributed by atoms with Crippen LogP contribution in [0.1, 0.15) is 47.0 Å². The molecule has 1 atom stereocenters. The number of aliphatic hydroxyl groups is 1. The molecule has 0 aromatic rings. The number of ether oxygens (including phenoxy) is 1. The van der Waals surface area contributed by atoms with Crippen molar-refractivity contribution in [2.24, 2.45) is 5.92 Å². The van der Waals surface area contributed by atoms with Gasteiger partial charge in [0.1, 0.15) is 0 Å². The molecule has 0 saturated carbocycles. The van der Waals surface area contributed by atoms with Crippen LogP contribution in [0.2, 0.25) is 0 Å². The molecule has 0 spiro atoms. The fourth-order valence-electron chi connectivity index (χ4n) is 1.20. The van der Waals surface area contributed by atoms with Crippen LogP contribution >= 0.6 is 0 Å². The number of carbonyl (C=O) groups excluding carboxylic acids is 1. The minimum absolute atomic E-state index is 0.436. The highest BCUT2D eigenvalue weighted by Gasteiger charge is 2.22. The Morgan fingerprint density at radius 1 is 1.54 bits per heavy atom. The SMILES string of the molecule is CC(=O)OC(C)(O)CCCC(C)C. The lowest BCUT2D eigenvalue weighted by molar-refractivity contribution is -0.202. The summed E-state index contributed by atoms with van der Waals surface area (Å²) in [5.41, 5.74) is 0. The molecule has 0 radical (unpaired) electrons. The summed E-state index contributed by atoms with van der Waals surface area (Å²) in [4.78, 5) is 10.6. The van der Waals surface area contributed by atoms with Crippen LogP contribution in [0.5, 0.6) is 0 Å². The van der Waals surface area contributed by atoms with E-state index in [0.29, 0.717) is 12.3 Å². The van der Waals surface area contributed by atoms with Crippen molar-refractivity contribution in [3.05, 3.63) is 0 Å². The van der Waals surface area contributed by atoms with Crippen molar-refractivity contribution in [2.75, 3.05) is 0 Å². The molecule has 0 aliphatic heterocycles. The lowest BCUT2D eigenvalue weighted by Crippen LogP contribution is -2.30. The fraction of sp³-hybridized carbons (Fsp3) is 0.900. The quantitative estimate of drug-likeness (QED) is 0.530. The van der Waals surface area contributed by atoms with Gasteiger partial charge < -0.3 is 9.84 Å². The molecule has 0 aliphatic rings. The predicted molar refractivity (Wildman–Crippen MR) is 51.1 cm³/mol. The molecule has 13 heavy (non-hydrogen) atoms. The number of rotatable bonds is 5. The van der Waals surface area contributed by atoms with Gasteiger partial charge in [0.25, 0.3) is 0 Å². The van der Waals surface area contributed by atoms with Crippen LogP contribution in [0.15, 0.2) is 0 Å². The summed E-state index contributed by atoms with van der Waals surface area (Å²) in [6, 6.07) is 0. The van der Waals surface area contributed by atoms with E-state index in [0.717, 1.165) is 12.8 Å². The molecule has 1 N–H and O–H groups in total. The van der Waals surface area contributed by atoms with Crippen LogP contribution in [0.3, 0.4) is 0 Å². The normalized spacial score (nSPS) is 15.5. The largest absolute Gasteiger partial charge is 0.434 e. The van der Waals surface area contributed by atoms with Crippen LogP contribution in [0.4, 0.5) is 0 Å². The summed E-state index contributed by atoms with van der Waals surface area (Å²) in [5.74, 6) is -1.11. The Morgan fingerprint density at radius 2 is 2.08 bits per heavy atom. The molecule has 1 unspecified atom stereocenters. The first-order valence-electron chi connectivity index (χ1n) is 4.75. The van der Waals surface area contributed by atoms with Crippen molar-refractivity contribution in [1.29, 1.82) is 0 Å². The number of carbonyl (C=O) groups is 1. The Bertz CT molecular complexity index is 162. The van der Waals surface area contributed by atoms with Gasteiger partial charge in [-0.05, 0) is 12.3 Å². The van der Waals surface area contributed by atoms with Gasteiger partial charge in [0.2, 0.25) is 5.79 Å². The van der Waals surface area contributed by atoms with Crippen LogP contribution in [0.25, 0.3) is 0 Å². The highest BCUT2D eigenvalue weighted by molar-refractivity contribution is 5.66. The van der Waals surface area contributed by atoms with Gasteiger partial charge >= 0.3 is 5.97 Å². The topological polar surface area (TPSA) is 46.5 Å². The Morgan fingerprint density at radius 3 is 2.46 bits per heavy atom. The molecule has 0 amide bonds.